The Morgan fingerprint density at radius 3 is 1.22 bits per heavy atom. The lowest BCUT2D eigenvalue weighted by Gasteiger charge is -2.40. The molecule has 12 heteroatoms. The third kappa shape index (κ3) is 46.0. The Bertz CT molecular complexity index is 1730. The molecule has 1 aliphatic heterocycles. The molecule has 3 N–H and O–H groups in total. The van der Waals surface area contributed by atoms with Crippen molar-refractivity contribution in [1.82, 2.24) is 0 Å². The molecule has 0 spiro atoms. The van der Waals surface area contributed by atoms with Crippen LogP contribution in [-0.2, 0) is 42.9 Å². The van der Waals surface area contributed by atoms with Crippen molar-refractivity contribution in [1.29, 1.82) is 0 Å². The van der Waals surface area contributed by atoms with E-state index in [1.165, 1.54) is 77.0 Å². The number of aliphatic hydroxyl groups is 2. The SMILES string of the molecule is CC/C=C\C/C=C\C/C=C\C/C=C\CCCCCCCCC(=O)OCC(COC1OC(C(=O)O)C(O)C(O)C1OC(=O)CCCCCCCCC/C=C\CCCCCCCC)OC(=O)CCCCCCC/C=C\C/C=C\CCCCC. The number of carboxylic acids is 1. The number of aliphatic carboxylic acids is 1. The molecule has 1 rings (SSSR count). The molecular weight excluding hydrogens is 1020 g/mol. The normalized spacial score (nSPS) is 18.3. The molecule has 0 aromatic rings. The van der Waals surface area contributed by atoms with Gasteiger partial charge in [0.15, 0.2) is 24.6 Å². The standard InChI is InChI=1S/C69H116O12/c1-4-7-10-13-16-19-22-25-28-30-31-33-35-37-40-43-46-49-52-55-61(70)77-58-60(79-62(71)56-53-50-47-44-41-38-34-27-24-21-18-15-12-9-6-3)59-78-69-67(65(74)64(73)66(81-69)68(75)76)80-63(72)57-54-51-48-45-42-39-36-32-29-26-23-20-17-14-11-8-5-2/h7,10,16,18-19,21,25-29,31,33-34,60,64-67,69,73-74H,4-6,8-9,11-15,17,20,22-24,30,32,35-59H2,1-3H3,(H,75,76)/b10-7-,19-16-,21-18-,28-25-,29-26-,33-31-,34-27-. The van der Waals surface area contributed by atoms with E-state index in [0.29, 0.717) is 19.3 Å². The summed E-state index contributed by atoms with van der Waals surface area (Å²) in [6, 6.07) is 0. The van der Waals surface area contributed by atoms with Gasteiger partial charge in [0.2, 0.25) is 0 Å². The van der Waals surface area contributed by atoms with E-state index in [0.717, 1.165) is 141 Å². The van der Waals surface area contributed by atoms with Crippen LogP contribution in [0.15, 0.2) is 85.1 Å². The number of hydrogen-bond acceptors (Lipinski definition) is 11. The van der Waals surface area contributed by atoms with Crippen molar-refractivity contribution >= 4 is 23.9 Å². The minimum Gasteiger partial charge on any atom is -0.479 e. The maximum Gasteiger partial charge on any atom is 0.335 e. The molecule has 0 aliphatic carbocycles. The van der Waals surface area contributed by atoms with E-state index in [1.807, 2.05) is 0 Å². The molecule has 0 aromatic carbocycles. The molecule has 0 aromatic heterocycles. The van der Waals surface area contributed by atoms with Crippen molar-refractivity contribution in [2.45, 2.75) is 314 Å². The van der Waals surface area contributed by atoms with E-state index in [2.05, 4.69) is 106 Å². The number of carbonyl (C=O) groups excluding carboxylic acids is 3. The van der Waals surface area contributed by atoms with Crippen LogP contribution >= 0.6 is 0 Å². The summed E-state index contributed by atoms with van der Waals surface area (Å²) < 4.78 is 28.5. The first-order chi connectivity index (χ1) is 39.6. The number of carbonyl (C=O) groups is 4. The molecule has 0 bridgehead atoms. The largest absolute Gasteiger partial charge is 0.479 e. The number of ether oxygens (including phenoxy) is 5. The van der Waals surface area contributed by atoms with E-state index in [-0.39, 0.29) is 25.9 Å². The van der Waals surface area contributed by atoms with E-state index in [1.54, 1.807) is 0 Å². The fourth-order valence-electron chi connectivity index (χ4n) is 9.44. The van der Waals surface area contributed by atoms with Crippen LogP contribution in [0, 0.1) is 0 Å². The smallest absolute Gasteiger partial charge is 0.335 e. The fraction of sp³-hybridized carbons (Fsp3) is 0.739. The van der Waals surface area contributed by atoms with Crippen LogP contribution in [-0.4, -0.2) is 89.2 Å². The van der Waals surface area contributed by atoms with E-state index in [4.69, 9.17) is 23.7 Å². The molecule has 81 heavy (non-hydrogen) atoms. The van der Waals surface area contributed by atoms with Gasteiger partial charge in [0, 0.05) is 19.3 Å². The summed E-state index contributed by atoms with van der Waals surface area (Å²) >= 11 is 0. The van der Waals surface area contributed by atoms with Gasteiger partial charge < -0.3 is 39.0 Å². The van der Waals surface area contributed by atoms with Crippen molar-refractivity contribution < 1.29 is 58.2 Å². The number of allylic oxidation sites excluding steroid dienone is 14. The Morgan fingerprint density at radius 1 is 0.420 bits per heavy atom. The van der Waals surface area contributed by atoms with Gasteiger partial charge in [-0.15, -0.1) is 0 Å². The average Bonchev–Trinajstić information content (AvgIpc) is 3.53. The van der Waals surface area contributed by atoms with Gasteiger partial charge in [-0.3, -0.25) is 14.4 Å². The predicted octanol–water partition coefficient (Wildman–Crippen LogP) is 17.5. The highest BCUT2D eigenvalue weighted by molar-refractivity contribution is 5.74. The first-order valence-electron chi connectivity index (χ1n) is 32.6. The zero-order valence-corrected chi connectivity index (χ0v) is 51.3. The summed E-state index contributed by atoms with van der Waals surface area (Å²) in [5, 5.41) is 31.6. The highest BCUT2D eigenvalue weighted by atomic mass is 16.7. The van der Waals surface area contributed by atoms with Crippen molar-refractivity contribution in [2.24, 2.45) is 0 Å². The molecule has 6 unspecified atom stereocenters. The molecule has 0 radical (unpaired) electrons. The molecule has 0 amide bonds. The zero-order valence-electron chi connectivity index (χ0n) is 51.3. The Labute approximate surface area is 492 Å². The van der Waals surface area contributed by atoms with Gasteiger partial charge in [0.25, 0.3) is 0 Å². The van der Waals surface area contributed by atoms with E-state index in [9.17, 15) is 34.5 Å². The van der Waals surface area contributed by atoms with Gasteiger partial charge in [0.05, 0.1) is 6.61 Å². The second-order valence-electron chi connectivity index (χ2n) is 22.0. The maximum absolute atomic E-state index is 13.2. The second-order valence-corrected chi connectivity index (χ2v) is 22.0. The van der Waals surface area contributed by atoms with Crippen molar-refractivity contribution in [3.8, 4) is 0 Å². The quantitative estimate of drug-likeness (QED) is 0.0228. The van der Waals surface area contributed by atoms with Crippen LogP contribution in [0.2, 0.25) is 0 Å². The Hall–Kier alpha value is -4.10. The van der Waals surface area contributed by atoms with Gasteiger partial charge in [-0.2, -0.15) is 0 Å². The lowest BCUT2D eigenvalue weighted by atomic mass is 9.98. The number of unbranched alkanes of at least 4 members (excludes halogenated alkanes) is 27. The third-order valence-corrected chi connectivity index (χ3v) is 14.4. The molecule has 464 valence electrons. The van der Waals surface area contributed by atoms with Gasteiger partial charge in [-0.05, 0) is 116 Å². The Balaban J connectivity index is 2.68. The predicted molar refractivity (Wildman–Crippen MR) is 331 cm³/mol. The number of hydrogen-bond donors (Lipinski definition) is 3. The summed E-state index contributed by atoms with van der Waals surface area (Å²) in [6.45, 7) is 5.85. The van der Waals surface area contributed by atoms with Crippen molar-refractivity contribution in [3.05, 3.63) is 85.1 Å². The van der Waals surface area contributed by atoms with Gasteiger partial charge >= 0.3 is 23.9 Å². The summed E-state index contributed by atoms with van der Waals surface area (Å²) in [6.07, 6.45) is 61.0. The van der Waals surface area contributed by atoms with Crippen molar-refractivity contribution in [3.63, 3.8) is 0 Å². The average molecular weight is 1140 g/mol. The molecule has 1 heterocycles. The van der Waals surface area contributed by atoms with Crippen LogP contribution in [0.4, 0.5) is 0 Å². The minimum atomic E-state index is -1.91. The van der Waals surface area contributed by atoms with Crippen LogP contribution in [0.1, 0.15) is 278 Å². The van der Waals surface area contributed by atoms with E-state index >= 15 is 0 Å². The number of rotatable bonds is 55. The monoisotopic (exact) mass is 1140 g/mol. The Kier molecular flexibility index (Phi) is 52.1. The molecule has 1 aliphatic rings. The molecule has 6 atom stereocenters. The number of esters is 3. The second kappa shape index (κ2) is 56.4. The topological polar surface area (TPSA) is 175 Å². The first kappa shape index (κ1) is 74.9. The minimum absolute atomic E-state index is 0.0504. The van der Waals surface area contributed by atoms with Crippen LogP contribution in [0.5, 0.6) is 0 Å². The third-order valence-electron chi connectivity index (χ3n) is 14.4. The van der Waals surface area contributed by atoms with E-state index < -0.39 is 67.3 Å². The number of carboxylic acid groups (broad SMARTS) is 1. The fourth-order valence-corrected chi connectivity index (χ4v) is 9.44. The van der Waals surface area contributed by atoms with Gasteiger partial charge in [0.1, 0.15) is 18.8 Å². The molecule has 1 saturated heterocycles. The summed E-state index contributed by atoms with van der Waals surface area (Å²) in [4.78, 5) is 51.3. The Morgan fingerprint density at radius 2 is 0.778 bits per heavy atom. The molecule has 12 nitrogen and oxygen atoms in total. The molecular formula is C69H116O12. The van der Waals surface area contributed by atoms with Gasteiger partial charge in [-0.25, -0.2) is 4.79 Å². The summed E-state index contributed by atoms with van der Waals surface area (Å²) in [5.41, 5.74) is 0. The number of aliphatic hydroxyl groups excluding tert-OH is 2. The van der Waals surface area contributed by atoms with Crippen molar-refractivity contribution in [2.75, 3.05) is 13.2 Å². The maximum atomic E-state index is 13.2. The first-order valence-corrected chi connectivity index (χ1v) is 32.6. The molecule has 0 saturated carbocycles. The summed E-state index contributed by atoms with van der Waals surface area (Å²) in [5.74, 6) is -3.15. The lowest BCUT2D eigenvalue weighted by molar-refractivity contribution is -0.301. The van der Waals surface area contributed by atoms with Crippen LogP contribution in [0.25, 0.3) is 0 Å². The highest BCUT2D eigenvalue weighted by Gasteiger charge is 2.50. The zero-order chi connectivity index (χ0) is 58.9. The summed E-state index contributed by atoms with van der Waals surface area (Å²) in [7, 11) is 0. The molecule has 1 fully saturated rings. The van der Waals surface area contributed by atoms with Crippen LogP contribution in [0.3, 0.4) is 0 Å². The highest BCUT2D eigenvalue weighted by Crippen LogP contribution is 2.27. The van der Waals surface area contributed by atoms with Gasteiger partial charge in [-0.1, -0.05) is 228 Å². The lowest BCUT2D eigenvalue weighted by Crippen LogP contribution is -2.61. The van der Waals surface area contributed by atoms with Crippen LogP contribution < -0.4 is 0 Å².